The van der Waals surface area contributed by atoms with Crippen LogP contribution in [0.25, 0.3) is 0 Å². The van der Waals surface area contributed by atoms with Crippen molar-refractivity contribution in [2.75, 3.05) is 0 Å². The number of rotatable bonds is 2. The largest absolute Gasteiger partial charge is 0.460 e. The molecule has 3 atom stereocenters. The van der Waals surface area contributed by atoms with E-state index in [0.29, 0.717) is 12.3 Å². The van der Waals surface area contributed by atoms with Crippen molar-refractivity contribution in [2.24, 2.45) is 17.8 Å². The zero-order chi connectivity index (χ0) is 11.8. The van der Waals surface area contributed by atoms with E-state index >= 15 is 0 Å². The molecule has 0 amide bonds. The number of ether oxygens (including phenoxy) is 1. The normalized spacial score (nSPS) is 33.8. The topological polar surface area (TPSA) is 26.3 Å². The summed E-state index contributed by atoms with van der Waals surface area (Å²) < 4.78 is 5.40. The second kappa shape index (κ2) is 4.38. The molecule has 0 heterocycles. The van der Waals surface area contributed by atoms with Crippen LogP contribution in [0.2, 0.25) is 0 Å². The molecule has 2 nitrogen and oxygen atoms in total. The fourth-order valence-electron chi connectivity index (χ4n) is 3.27. The van der Waals surface area contributed by atoms with Gasteiger partial charge in [-0.15, -0.1) is 0 Å². The molecule has 0 aliphatic heterocycles. The van der Waals surface area contributed by atoms with Gasteiger partial charge in [-0.2, -0.15) is 12.8 Å². The monoisotopic (exact) mass is 223 g/mol. The second-order valence-corrected chi connectivity index (χ2v) is 6.31. The lowest BCUT2D eigenvalue weighted by Crippen LogP contribution is -2.26. The number of hydrogen-bond donors (Lipinski definition) is 0. The van der Waals surface area contributed by atoms with Gasteiger partial charge in [-0.25, -0.2) is 0 Å². The van der Waals surface area contributed by atoms with Crippen LogP contribution in [0.4, 0.5) is 0 Å². The third-order valence-corrected chi connectivity index (χ3v) is 3.88. The van der Waals surface area contributed by atoms with E-state index < -0.39 is 0 Å². The molecule has 0 aromatic heterocycles. The van der Waals surface area contributed by atoms with Crippen LogP contribution in [0.3, 0.4) is 0 Å². The molecule has 0 radical (unpaired) electrons. The lowest BCUT2D eigenvalue weighted by Gasteiger charge is -2.24. The Hall–Kier alpha value is -0.530. The van der Waals surface area contributed by atoms with E-state index in [9.17, 15) is 4.79 Å². The molecule has 0 aromatic rings. The zero-order valence-corrected chi connectivity index (χ0v) is 10.7. The highest BCUT2D eigenvalue weighted by Gasteiger charge is 2.36. The van der Waals surface area contributed by atoms with Gasteiger partial charge in [0.1, 0.15) is 5.60 Å². The molecule has 3 unspecified atom stereocenters. The highest BCUT2D eigenvalue weighted by molar-refractivity contribution is 5.70. The summed E-state index contributed by atoms with van der Waals surface area (Å²) in [7, 11) is 0. The van der Waals surface area contributed by atoms with E-state index in [0.717, 1.165) is 11.8 Å². The predicted molar refractivity (Wildman–Crippen MR) is 63.7 cm³/mol. The summed E-state index contributed by atoms with van der Waals surface area (Å²) in [5, 5.41) is 0. The Balaban J connectivity index is 1.83. The van der Waals surface area contributed by atoms with Gasteiger partial charge < -0.3 is 11.2 Å². The van der Waals surface area contributed by atoms with Crippen LogP contribution < -0.4 is 0 Å². The highest BCUT2D eigenvalue weighted by atomic mass is 16.6. The Kier molecular flexibility index (Phi) is 3.27. The SMILES string of the molecule is CC(C)(C)OC(=O)CC1CCC2C[CH-]CC21. The summed E-state index contributed by atoms with van der Waals surface area (Å²) >= 11 is 0. The van der Waals surface area contributed by atoms with Crippen molar-refractivity contribution in [3.63, 3.8) is 0 Å². The van der Waals surface area contributed by atoms with E-state index in [4.69, 9.17) is 4.74 Å². The standard InChI is InChI=1S/C14H23O2/c1-14(2,3)16-13(15)9-11-8-7-10-5-4-6-12(10)11/h4,10-12H,5-9H2,1-3H3/q-1. The van der Waals surface area contributed by atoms with Gasteiger partial charge in [0.05, 0.1) is 0 Å². The first-order valence-electron chi connectivity index (χ1n) is 6.49. The van der Waals surface area contributed by atoms with Crippen LogP contribution in [-0.4, -0.2) is 11.6 Å². The fraction of sp³-hybridized carbons (Fsp3) is 0.857. The van der Waals surface area contributed by atoms with Crippen molar-refractivity contribution < 1.29 is 9.53 Å². The average molecular weight is 223 g/mol. The summed E-state index contributed by atoms with van der Waals surface area (Å²) in [5.74, 6) is 2.21. The van der Waals surface area contributed by atoms with Gasteiger partial charge in [0.2, 0.25) is 0 Å². The fourth-order valence-corrected chi connectivity index (χ4v) is 3.27. The van der Waals surface area contributed by atoms with Crippen LogP contribution in [0.1, 0.15) is 52.9 Å². The van der Waals surface area contributed by atoms with Gasteiger partial charge in [-0.3, -0.25) is 4.79 Å². The van der Waals surface area contributed by atoms with E-state index in [1.165, 1.54) is 25.7 Å². The Morgan fingerprint density at radius 3 is 2.75 bits per heavy atom. The van der Waals surface area contributed by atoms with E-state index in [2.05, 4.69) is 6.42 Å². The summed E-state index contributed by atoms with van der Waals surface area (Å²) in [4.78, 5) is 11.8. The minimum absolute atomic E-state index is 0.00921. The Bertz CT molecular complexity index is 264. The molecule has 2 saturated carbocycles. The van der Waals surface area contributed by atoms with Crippen LogP contribution in [0, 0.1) is 24.2 Å². The first kappa shape index (κ1) is 11.9. The third kappa shape index (κ3) is 2.78. The second-order valence-electron chi connectivity index (χ2n) is 6.31. The van der Waals surface area contributed by atoms with Crippen LogP contribution in [-0.2, 0) is 9.53 Å². The van der Waals surface area contributed by atoms with Crippen molar-refractivity contribution in [1.29, 1.82) is 0 Å². The average Bonchev–Trinajstić information content (AvgIpc) is 2.66. The maximum Gasteiger partial charge on any atom is 0.306 e. The Morgan fingerprint density at radius 2 is 2.06 bits per heavy atom. The first-order valence-corrected chi connectivity index (χ1v) is 6.49. The van der Waals surface area contributed by atoms with Crippen molar-refractivity contribution in [1.82, 2.24) is 0 Å². The van der Waals surface area contributed by atoms with Crippen molar-refractivity contribution in [2.45, 2.75) is 58.5 Å². The molecule has 92 valence electrons. The summed E-state index contributed by atoms with van der Waals surface area (Å²) in [6.07, 6.45) is 8.06. The quantitative estimate of drug-likeness (QED) is 0.530. The van der Waals surface area contributed by atoms with Gasteiger partial charge in [0, 0.05) is 6.42 Å². The van der Waals surface area contributed by atoms with Crippen LogP contribution in [0.5, 0.6) is 0 Å². The number of hydrogen-bond acceptors (Lipinski definition) is 2. The lowest BCUT2D eigenvalue weighted by molar-refractivity contribution is -0.156. The molecule has 0 N–H and O–H groups in total. The van der Waals surface area contributed by atoms with Gasteiger partial charge in [-0.05, 0) is 33.1 Å². The number of fused-ring (bicyclic) bond motifs is 1. The molecule has 2 aliphatic rings. The Labute approximate surface area is 98.7 Å². The van der Waals surface area contributed by atoms with E-state index in [-0.39, 0.29) is 11.6 Å². The van der Waals surface area contributed by atoms with E-state index in [1.807, 2.05) is 20.8 Å². The molecule has 2 aliphatic carbocycles. The molecule has 0 aromatic carbocycles. The van der Waals surface area contributed by atoms with Crippen molar-refractivity contribution in [3.05, 3.63) is 6.42 Å². The number of carbonyl (C=O) groups excluding carboxylic acids is 1. The summed E-state index contributed by atoms with van der Waals surface area (Å²) in [5.41, 5.74) is -0.336. The van der Waals surface area contributed by atoms with Gasteiger partial charge in [-0.1, -0.05) is 18.3 Å². The highest BCUT2D eigenvalue weighted by Crippen LogP contribution is 2.48. The van der Waals surface area contributed by atoms with E-state index in [1.54, 1.807) is 0 Å². The molecule has 2 heteroatoms. The molecular formula is C14H23O2-. The summed E-state index contributed by atoms with van der Waals surface area (Å²) in [6, 6.07) is 0. The van der Waals surface area contributed by atoms with Crippen LogP contribution in [0.15, 0.2) is 0 Å². The van der Waals surface area contributed by atoms with Gasteiger partial charge >= 0.3 is 5.97 Å². The van der Waals surface area contributed by atoms with Gasteiger partial charge in [0.25, 0.3) is 0 Å². The van der Waals surface area contributed by atoms with Crippen molar-refractivity contribution >= 4 is 5.97 Å². The lowest BCUT2D eigenvalue weighted by atomic mass is 9.90. The maximum atomic E-state index is 11.8. The molecule has 2 rings (SSSR count). The predicted octanol–water partition coefficient (Wildman–Crippen LogP) is 3.36. The smallest absolute Gasteiger partial charge is 0.306 e. The molecule has 0 spiro atoms. The van der Waals surface area contributed by atoms with Gasteiger partial charge in [0.15, 0.2) is 0 Å². The molecule has 0 bridgehead atoms. The Morgan fingerprint density at radius 1 is 1.31 bits per heavy atom. The molecule has 16 heavy (non-hydrogen) atoms. The minimum atomic E-state index is -0.336. The number of esters is 1. The van der Waals surface area contributed by atoms with Crippen molar-refractivity contribution in [3.8, 4) is 0 Å². The zero-order valence-electron chi connectivity index (χ0n) is 10.7. The third-order valence-electron chi connectivity index (χ3n) is 3.88. The number of carbonyl (C=O) groups is 1. The summed E-state index contributed by atoms with van der Waals surface area (Å²) in [6.45, 7) is 5.81. The minimum Gasteiger partial charge on any atom is -0.460 e. The maximum absolute atomic E-state index is 11.8. The van der Waals surface area contributed by atoms with Crippen LogP contribution >= 0.6 is 0 Å². The molecule has 2 fully saturated rings. The first-order chi connectivity index (χ1) is 7.46. The molecular weight excluding hydrogens is 200 g/mol. The molecule has 0 saturated heterocycles.